The first-order valence-electron chi connectivity index (χ1n) is 6.87. The smallest absolute Gasteiger partial charge is 0.231 e. The van der Waals surface area contributed by atoms with Gasteiger partial charge < -0.3 is 4.52 Å². The number of hydrogen-bond donors (Lipinski definition) is 1. The minimum Gasteiger partial charge on any atom is -0.339 e. The molecule has 0 aliphatic heterocycles. The Hall–Kier alpha value is -2.51. The van der Waals surface area contributed by atoms with Gasteiger partial charge in [-0.05, 0) is 12.1 Å². The predicted octanol–water partition coefficient (Wildman–Crippen LogP) is 4.04. The van der Waals surface area contributed by atoms with E-state index in [4.69, 9.17) is 27.7 Å². The first-order chi connectivity index (χ1) is 11.6. The highest BCUT2D eigenvalue weighted by atomic mass is 35.5. The summed E-state index contributed by atoms with van der Waals surface area (Å²) in [5.41, 5.74) is 1.48. The molecule has 0 aliphatic carbocycles. The molecule has 3 aromatic heterocycles. The summed E-state index contributed by atoms with van der Waals surface area (Å²) in [6.45, 7) is 0. The van der Waals surface area contributed by atoms with Crippen molar-refractivity contribution in [2.45, 2.75) is 6.42 Å². The van der Waals surface area contributed by atoms with E-state index in [0.29, 0.717) is 32.3 Å². The van der Waals surface area contributed by atoms with Crippen LogP contribution in [-0.2, 0) is 6.42 Å². The quantitative estimate of drug-likeness (QED) is 0.555. The predicted molar refractivity (Wildman–Crippen MR) is 86.4 cm³/mol. The number of hydrogen-bond acceptors (Lipinski definition) is 5. The number of nitrogens with one attached hydrogen (secondary N) is 1. The van der Waals surface area contributed by atoms with Crippen molar-refractivity contribution in [2.75, 3.05) is 0 Å². The van der Waals surface area contributed by atoms with E-state index in [0.717, 1.165) is 0 Å². The number of halogens is 3. The van der Waals surface area contributed by atoms with Gasteiger partial charge in [-0.15, -0.1) is 0 Å². The van der Waals surface area contributed by atoms with Crippen molar-refractivity contribution < 1.29 is 8.91 Å². The summed E-state index contributed by atoms with van der Waals surface area (Å²) in [5, 5.41) is 12.2. The zero-order valence-corrected chi connectivity index (χ0v) is 13.4. The lowest BCUT2D eigenvalue weighted by Gasteiger charge is -2.01. The second-order valence-electron chi connectivity index (χ2n) is 5.01. The van der Waals surface area contributed by atoms with Crippen molar-refractivity contribution in [1.29, 1.82) is 0 Å². The number of aromatic nitrogens is 5. The maximum absolute atomic E-state index is 13.8. The molecule has 0 atom stereocenters. The van der Waals surface area contributed by atoms with E-state index in [1.54, 1.807) is 18.3 Å². The normalized spacial score (nSPS) is 11.3. The van der Waals surface area contributed by atoms with Crippen LogP contribution in [0, 0.1) is 5.82 Å². The molecule has 6 nitrogen and oxygen atoms in total. The minimum atomic E-state index is -0.425. The standard InChI is InChI=1S/C15H8Cl2FN5O/c16-9-2-1-3-10(18)7(9)4-13-20-15(23-24-13)14-8-6-19-12(17)5-11(8)21-22-14/h1-3,5-6H,4H2,(H,21,22). The van der Waals surface area contributed by atoms with Crippen molar-refractivity contribution >= 4 is 34.1 Å². The first kappa shape index (κ1) is 15.0. The average molecular weight is 364 g/mol. The molecule has 1 aromatic carbocycles. The Bertz CT molecular complexity index is 1030. The maximum Gasteiger partial charge on any atom is 0.231 e. The first-order valence-corrected chi connectivity index (χ1v) is 7.63. The van der Waals surface area contributed by atoms with E-state index in [1.165, 1.54) is 12.1 Å². The summed E-state index contributed by atoms with van der Waals surface area (Å²) in [4.78, 5) is 8.27. The van der Waals surface area contributed by atoms with Crippen LogP contribution in [0.4, 0.5) is 4.39 Å². The van der Waals surface area contributed by atoms with Crippen LogP contribution < -0.4 is 0 Å². The summed E-state index contributed by atoms with van der Waals surface area (Å²) in [7, 11) is 0. The molecule has 0 fully saturated rings. The Balaban J connectivity index is 1.69. The van der Waals surface area contributed by atoms with Gasteiger partial charge in [-0.25, -0.2) is 9.37 Å². The topological polar surface area (TPSA) is 80.5 Å². The van der Waals surface area contributed by atoms with E-state index < -0.39 is 5.82 Å². The van der Waals surface area contributed by atoms with Crippen molar-refractivity contribution in [3.05, 3.63) is 57.9 Å². The van der Waals surface area contributed by atoms with Crippen molar-refractivity contribution in [1.82, 2.24) is 25.3 Å². The van der Waals surface area contributed by atoms with Gasteiger partial charge in [0.25, 0.3) is 0 Å². The van der Waals surface area contributed by atoms with Gasteiger partial charge in [0.05, 0.1) is 11.9 Å². The van der Waals surface area contributed by atoms with Crippen LogP contribution in [-0.4, -0.2) is 25.3 Å². The van der Waals surface area contributed by atoms with Crippen LogP contribution in [0.15, 0.2) is 35.0 Å². The van der Waals surface area contributed by atoms with Gasteiger partial charge in [-0.3, -0.25) is 5.10 Å². The van der Waals surface area contributed by atoms with Crippen LogP contribution in [0.3, 0.4) is 0 Å². The molecule has 0 spiro atoms. The van der Waals surface area contributed by atoms with Gasteiger partial charge in [-0.1, -0.05) is 34.4 Å². The Morgan fingerprint density at radius 1 is 1.25 bits per heavy atom. The van der Waals surface area contributed by atoms with E-state index in [-0.39, 0.29) is 18.1 Å². The molecule has 0 radical (unpaired) electrons. The second kappa shape index (κ2) is 5.85. The number of fused-ring (bicyclic) bond motifs is 1. The molecule has 0 bridgehead atoms. The number of nitrogens with zero attached hydrogens (tertiary/aromatic N) is 4. The van der Waals surface area contributed by atoms with Crippen LogP contribution >= 0.6 is 23.2 Å². The van der Waals surface area contributed by atoms with Gasteiger partial charge in [0.15, 0.2) is 0 Å². The molecular formula is C15H8Cl2FN5O. The minimum absolute atomic E-state index is 0.0882. The Morgan fingerprint density at radius 3 is 2.96 bits per heavy atom. The van der Waals surface area contributed by atoms with Crippen LogP contribution in [0.5, 0.6) is 0 Å². The van der Waals surface area contributed by atoms with Crippen molar-refractivity contribution in [2.24, 2.45) is 0 Å². The fourth-order valence-electron chi connectivity index (χ4n) is 2.33. The molecule has 0 aliphatic rings. The molecule has 0 unspecified atom stereocenters. The number of rotatable bonds is 3. The fourth-order valence-corrected chi connectivity index (χ4v) is 2.72. The van der Waals surface area contributed by atoms with Crippen LogP contribution in [0.25, 0.3) is 22.4 Å². The van der Waals surface area contributed by atoms with Gasteiger partial charge in [-0.2, -0.15) is 10.1 Å². The Labute approximate surface area is 144 Å². The average Bonchev–Trinajstić information content (AvgIpc) is 3.17. The SMILES string of the molecule is Fc1cccc(Cl)c1Cc1nc(-c2n[nH]c3cc(Cl)ncc23)no1. The van der Waals surface area contributed by atoms with Crippen molar-refractivity contribution in [3.8, 4) is 11.5 Å². The number of pyridine rings is 1. The van der Waals surface area contributed by atoms with E-state index in [9.17, 15) is 4.39 Å². The molecule has 0 amide bonds. The molecule has 4 aromatic rings. The van der Waals surface area contributed by atoms with Gasteiger partial charge in [0, 0.05) is 28.2 Å². The lowest BCUT2D eigenvalue weighted by Crippen LogP contribution is -1.94. The van der Waals surface area contributed by atoms with Gasteiger partial charge >= 0.3 is 0 Å². The van der Waals surface area contributed by atoms with E-state index in [1.807, 2.05) is 0 Å². The Kier molecular flexibility index (Phi) is 3.66. The number of H-pyrrole nitrogens is 1. The van der Waals surface area contributed by atoms with E-state index >= 15 is 0 Å². The summed E-state index contributed by atoms with van der Waals surface area (Å²) in [6.07, 6.45) is 1.66. The monoisotopic (exact) mass is 363 g/mol. The molecule has 1 N–H and O–H groups in total. The van der Waals surface area contributed by atoms with Gasteiger partial charge in [0.2, 0.25) is 11.7 Å². The summed E-state index contributed by atoms with van der Waals surface area (Å²) in [6, 6.07) is 6.12. The summed E-state index contributed by atoms with van der Waals surface area (Å²) in [5.74, 6) is 0.0780. The lowest BCUT2D eigenvalue weighted by atomic mass is 10.1. The molecular weight excluding hydrogens is 356 g/mol. The zero-order valence-electron chi connectivity index (χ0n) is 11.9. The largest absolute Gasteiger partial charge is 0.339 e. The summed E-state index contributed by atoms with van der Waals surface area (Å²) >= 11 is 11.9. The molecule has 24 heavy (non-hydrogen) atoms. The molecule has 3 heterocycles. The third-order valence-electron chi connectivity index (χ3n) is 3.48. The third-order valence-corrected chi connectivity index (χ3v) is 4.04. The molecule has 0 saturated heterocycles. The maximum atomic E-state index is 13.8. The third kappa shape index (κ3) is 2.61. The highest BCUT2D eigenvalue weighted by molar-refractivity contribution is 6.31. The van der Waals surface area contributed by atoms with Gasteiger partial charge in [0.1, 0.15) is 16.7 Å². The molecule has 0 saturated carbocycles. The van der Waals surface area contributed by atoms with E-state index in [2.05, 4.69) is 25.3 Å². The number of aromatic amines is 1. The Morgan fingerprint density at radius 2 is 2.12 bits per heavy atom. The molecule has 4 rings (SSSR count). The van der Waals surface area contributed by atoms with Crippen molar-refractivity contribution in [3.63, 3.8) is 0 Å². The highest BCUT2D eigenvalue weighted by Crippen LogP contribution is 2.26. The highest BCUT2D eigenvalue weighted by Gasteiger charge is 2.17. The number of benzene rings is 1. The summed E-state index contributed by atoms with van der Waals surface area (Å²) < 4.78 is 19.0. The molecule has 9 heteroatoms. The fraction of sp³-hybridized carbons (Fsp3) is 0.0667. The molecule has 120 valence electrons. The van der Waals surface area contributed by atoms with Crippen LogP contribution in [0.2, 0.25) is 10.2 Å². The van der Waals surface area contributed by atoms with Crippen LogP contribution in [0.1, 0.15) is 11.5 Å². The zero-order chi connectivity index (χ0) is 16.7. The lowest BCUT2D eigenvalue weighted by molar-refractivity contribution is 0.384. The second-order valence-corrected chi connectivity index (χ2v) is 5.81.